The Balaban J connectivity index is 1.97. The quantitative estimate of drug-likeness (QED) is 0.510. The van der Waals surface area contributed by atoms with Gasteiger partial charge in [0.05, 0.1) is 6.61 Å². The summed E-state index contributed by atoms with van der Waals surface area (Å²) < 4.78 is 11.9. The summed E-state index contributed by atoms with van der Waals surface area (Å²) in [5.41, 5.74) is 0.540. The van der Waals surface area contributed by atoms with Crippen LogP contribution in [0.3, 0.4) is 0 Å². The number of aliphatic hydroxyl groups excluding tert-OH is 1. The number of hydrogen-bond donors (Lipinski definition) is 1. The zero-order valence-corrected chi connectivity index (χ0v) is 17.5. The molecule has 2 aromatic rings. The summed E-state index contributed by atoms with van der Waals surface area (Å²) >= 11 is 0. The van der Waals surface area contributed by atoms with Gasteiger partial charge in [-0.2, -0.15) is 0 Å². The predicted octanol–water partition coefficient (Wildman–Crippen LogP) is 3.37. The van der Waals surface area contributed by atoms with Crippen LogP contribution in [0, 0.1) is 0 Å². The maximum Gasteiger partial charge on any atom is 0.254 e. The first-order valence-corrected chi connectivity index (χ1v) is 10.00. The molecule has 0 saturated heterocycles. The van der Waals surface area contributed by atoms with E-state index in [0.29, 0.717) is 31.1 Å². The number of aliphatic hydroxyl groups is 1. The highest BCUT2D eigenvalue weighted by atomic mass is 16.5. The highest BCUT2D eigenvalue weighted by molar-refractivity contribution is 6.01. The molecule has 1 aliphatic heterocycles. The SMILES string of the molecule is C=CC[C@]1(C(=O)N(C)C)N=C(c2ccc(OCCCO)cc2)O[C@H]1c1ccccc1. The fraction of sp³-hybridized carbons (Fsp3) is 0.333. The van der Waals surface area contributed by atoms with E-state index in [1.54, 1.807) is 25.1 Å². The van der Waals surface area contributed by atoms with Gasteiger partial charge in [0.1, 0.15) is 5.75 Å². The average Bonchev–Trinajstić information content (AvgIpc) is 3.15. The number of aliphatic imine (C=N–C) groups is 1. The molecule has 6 heteroatoms. The van der Waals surface area contributed by atoms with Crippen LogP contribution in [-0.2, 0) is 9.53 Å². The second-order valence-electron chi connectivity index (χ2n) is 7.39. The molecule has 2 atom stereocenters. The summed E-state index contributed by atoms with van der Waals surface area (Å²) in [5.74, 6) is 0.991. The number of carbonyl (C=O) groups is 1. The van der Waals surface area contributed by atoms with Crippen molar-refractivity contribution < 1.29 is 19.4 Å². The van der Waals surface area contributed by atoms with Crippen molar-refractivity contribution in [2.75, 3.05) is 27.3 Å². The largest absolute Gasteiger partial charge is 0.494 e. The topological polar surface area (TPSA) is 71.4 Å². The van der Waals surface area contributed by atoms with Gasteiger partial charge in [-0.1, -0.05) is 36.4 Å². The molecule has 0 fully saturated rings. The Morgan fingerprint density at radius 2 is 1.93 bits per heavy atom. The van der Waals surface area contributed by atoms with Gasteiger partial charge in [0.2, 0.25) is 5.90 Å². The third kappa shape index (κ3) is 4.39. The molecule has 158 valence electrons. The number of nitrogens with zero attached hydrogens (tertiary/aromatic N) is 2. The van der Waals surface area contributed by atoms with E-state index in [1.807, 2.05) is 54.6 Å². The van der Waals surface area contributed by atoms with Crippen LogP contribution in [0.15, 0.2) is 72.2 Å². The van der Waals surface area contributed by atoms with Gasteiger partial charge < -0.3 is 19.5 Å². The van der Waals surface area contributed by atoms with Crippen LogP contribution in [0.25, 0.3) is 0 Å². The van der Waals surface area contributed by atoms with E-state index in [0.717, 1.165) is 11.1 Å². The van der Waals surface area contributed by atoms with E-state index < -0.39 is 11.6 Å². The molecule has 6 nitrogen and oxygen atoms in total. The molecule has 1 amide bonds. The molecule has 0 aromatic heterocycles. The van der Waals surface area contributed by atoms with Crippen molar-refractivity contribution >= 4 is 11.8 Å². The molecule has 1 heterocycles. The predicted molar refractivity (Wildman–Crippen MR) is 117 cm³/mol. The van der Waals surface area contributed by atoms with E-state index >= 15 is 0 Å². The third-order valence-corrected chi connectivity index (χ3v) is 4.97. The first-order valence-electron chi connectivity index (χ1n) is 10.00. The smallest absolute Gasteiger partial charge is 0.254 e. The van der Waals surface area contributed by atoms with E-state index in [2.05, 4.69) is 6.58 Å². The lowest BCUT2D eigenvalue weighted by molar-refractivity contribution is -0.137. The summed E-state index contributed by atoms with van der Waals surface area (Å²) in [7, 11) is 3.45. The summed E-state index contributed by atoms with van der Waals surface area (Å²) in [6, 6.07) is 17.1. The minimum atomic E-state index is -1.11. The zero-order chi connectivity index (χ0) is 21.6. The standard InChI is InChI=1S/C24H28N2O4/c1-4-15-24(23(28)26(2)3)21(18-9-6-5-7-10-18)30-22(25-24)19-11-13-20(14-12-19)29-17-8-16-27/h4-7,9-14,21,27H,1,8,15-17H2,2-3H3/t21-,24-/m0/s1. The monoisotopic (exact) mass is 408 g/mol. The van der Waals surface area contributed by atoms with Gasteiger partial charge in [-0.05, 0) is 29.8 Å². The molecule has 30 heavy (non-hydrogen) atoms. The first-order chi connectivity index (χ1) is 14.5. The van der Waals surface area contributed by atoms with Crippen LogP contribution < -0.4 is 4.74 Å². The van der Waals surface area contributed by atoms with Crippen molar-refractivity contribution in [2.24, 2.45) is 4.99 Å². The number of ether oxygens (including phenoxy) is 2. The van der Waals surface area contributed by atoms with Crippen LogP contribution >= 0.6 is 0 Å². The van der Waals surface area contributed by atoms with Gasteiger partial charge in [-0.3, -0.25) is 4.79 Å². The third-order valence-electron chi connectivity index (χ3n) is 4.97. The normalized spacial score (nSPS) is 20.2. The number of benzene rings is 2. The van der Waals surface area contributed by atoms with Crippen LogP contribution in [0.5, 0.6) is 5.75 Å². The molecule has 0 saturated carbocycles. The second-order valence-corrected chi connectivity index (χ2v) is 7.39. The van der Waals surface area contributed by atoms with Crippen molar-refractivity contribution in [3.8, 4) is 5.75 Å². The van der Waals surface area contributed by atoms with Gasteiger partial charge in [0.25, 0.3) is 5.91 Å². The molecule has 0 spiro atoms. The van der Waals surface area contributed by atoms with Gasteiger partial charge in [0.15, 0.2) is 11.6 Å². The maximum absolute atomic E-state index is 13.3. The molecule has 0 unspecified atom stereocenters. The highest BCUT2D eigenvalue weighted by Crippen LogP contribution is 2.43. The van der Waals surface area contributed by atoms with Crippen molar-refractivity contribution in [3.05, 3.63) is 78.4 Å². The van der Waals surface area contributed by atoms with Gasteiger partial charge >= 0.3 is 0 Å². The molecule has 1 N–H and O–H groups in total. The highest BCUT2D eigenvalue weighted by Gasteiger charge is 2.53. The average molecular weight is 408 g/mol. The van der Waals surface area contributed by atoms with Crippen LogP contribution in [-0.4, -0.2) is 54.7 Å². The Hall–Kier alpha value is -3.12. The Bertz CT molecular complexity index is 893. The Labute approximate surface area is 177 Å². The molecule has 0 radical (unpaired) electrons. The zero-order valence-electron chi connectivity index (χ0n) is 17.5. The van der Waals surface area contributed by atoms with E-state index in [1.165, 1.54) is 0 Å². The molecule has 0 bridgehead atoms. The lowest BCUT2D eigenvalue weighted by Gasteiger charge is -2.31. The number of rotatable bonds is 9. The summed E-state index contributed by atoms with van der Waals surface area (Å²) in [6.45, 7) is 4.39. The van der Waals surface area contributed by atoms with Crippen molar-refractivity contribution in [1.82, 2.24) is 4.90 Å². The molecular formula is C24H28N2O4. The van der Waals surface area contributed by atoms with Crippen molar-refractivity contribution in [3.63, 3.8) is 0 Å². The van der Waals surface area contributed by atoms with Crippen LogP contribution in [0.1, 0.15) is 30.1 Å². The maximum atomic E-state index is 13.3. The number of hydrogen-bond acceptors (Lipinski definition) is 5. The molecule has 3 rings (SSSR count). The van der Waals surface area contributed by atoms with Crippen molar-refractivity contribution in [2.45, 2.75) is 24.5 Å². The Morgan fingerprint density at radius 1 is 1.23 bits per heavy atom. The number of amides is 1. The fourth-order valence-electron chi connectivity index (χ4n) is 3.54. The molecular weight excluding hydrogens is 380 g/mol. The summed E-state index contributed by atoms with van der Waals surface area (Å²) in [5, 5.41) is 8.88. The minimum Gasteiger partial charge on any atom is -0.494 e. The van der Waals surface area contributed by atoms with Gasteiger partial charge in [-0.25, -0.2) is 4.99 Å². The molecule has 1 aliphatic rings. The van der Waals surface area contributed by atoms with Gasteiger partial charge in [0, 0.05) is 39.1 Å². The van der Waals surface area contributed by atoms with E-state index in [-0.39, 0.29) is 12.5 Å². The molecule has 0 aliphatic carbocycles. The molecule has 2 aromatic carbocycles. The number of carbonyl (C=O) groups excluding carboxylic acids is 1. The summed E-state index contributed by atoms with van der Waals surface area (Å²) in [6.07, 6.45) is 2.09. The van der Waals surface area contributed by atoms with E-state index in [4.69, 9.17) is 19.6 Å². The number of likely N-dealkylation sites (N-methyl/N-ethyl adjacent to an activating group) is 1. The first kappa shape index (κ1) is 21.6. The summed E-state index contributed by atoms with van der Waals surface area (Å²) in [4.78, 5) is 19.6. The lowest BCUT2D eigenvalue weighted by atomic mass is 9.84. The van der Waals surface area contributed by atoms with Crippen LogP contribution in [0.4, 0.5) is 0 Å². The van der Waals surface area contributed by atoms with Gasteiger partial charge in [-0.15, -0.1) is 6.58 Å². The van der Waals surface area contributed by atoms with Crippen LogP contribution in [0.2, 0.25) is 0 Å². The Morgan fingerprint density at radius 3 is 2.53 bits per heavy atom. The minimum absolute atomic E-state index is 0.0922. The fourth-order valence-corrected chi connectivity index (χ4v) is 3.54. The lowest BCUT2D eigenvalue weighted by Crippen LogP contribution is -2.47. The second kappa shape index (κ2) is 9.59. The van der Waals surface area contributed by atoms with Crippen molar-refractivity contribution in [1.29, 1.82) is 0 Å². The Kier molecular flexibility index (Phi) is 6.90. The van der Waals surface area contributed by atoms with E-state index in [9.17, 15) is 4.79 Å².